The van der Waals surface area contributed by atoms with E-state index in [2.05, 4.69) is 5.32 Å². The summed E-state index contributed by atoms with van der Waals surface area (Å²) in [6.07, 6.45) is 0. The number of aliphatic hydroxyl groups excluding tert-OH is 1. The van der Waals surface area contributed by atoms with E-state index in [9.17, 15) is 9.18 Å². The van der Waals surface area contributed by atoms with Gasteiger partial charge in [0.15, 0.2) is 0 Å². The van der Waals surface area contributed by atoms with Gasteiger partial charge in [-0.25, -0.2) is 4.39 Å². The second-order valence-electron chi connectivity index (χ2n) is 3.63. The normalized spacial score (nSPS) is 20.8. The van der Waals surface area contributed by atoms with Crippen LogP contribution in [-0.2, 0) is 4.79 Å². The molecule has 0 spiro atoms. The highest BCUT2D eigenvalue weighted by atomic mass is 19.1. The number of benzene rings is 1. The van der Waals surface area contributed by atoms with Gasteiger partial charge in [0.1, 0.15) is 11.9 Å². The molecule has 0 aromatic heterocycles. The van der Waals surface area contributed by atoms with Crippen LogP contribution >= 0.6 is 0 Å². The summed E-state index contributed by atoms with van der Waals surface area (Å²) in [6, 6.07) is 5.55. The molecule has 1 aromatic rings. The van der Waals surface area contributed by atoms with Crippen molar-refractivity contribution in [2.75, 3.05) is 24.6 Å². The number of anilines is 1. The highest BCUT2D eigenvalue weighted by Gasteiger charge is 2.30. The molecule has 0 radical (unpaired) electrons. The van der Waals surface area contributed by atoms with Gasteiger partial charge in [0.25, 0.3) is 0 Å². The largest absolute Gasteiger partial charge is 0.394 e. The lowest BCUT2D eigenvalue weighted by atomic mass is 10.1. The van der Waals surface area contributed by atoms with Gasteiger partial charge in [-0.15, -0.1) is 0 Å². The number of hydrogen-bond acceptors (Lipinski definition) is 3. The molecule has 1 amide bonds. The van der Waals surface area contributed by atoms with Gasteiger partial charge in [-0.2, -0.15) is 0 Å². The molecule has 16 heavy (non-hydrogen) atoms. The van der Waals surface area contributed by atoms with E-state index < -0.39 is 6.04 Å². The fourth-order valence-corrected chi connectivity index (χ4v) is 1.87. The van der Waals surface area contributed by atoms with E-state index in [-0.39, 0.29) is 18.3 Å². The van der Waals surface area contributed by atoms with Gasteiger partial charge >= 0.3 is 0 Å². The van der Waals surface area contributed by atoms with E-state index in [1.165, 1.54) is 6.07 Å². The van der Waals surface area contributed by atoms with Crippen LogP contribution in [0.3, 0.4) is 0 Å². The molecule has 1 aliphatic heterocycles. The lowest BCUT2D eigenvalue weighted by molar-refractivity contribution is -0.124. The zero-order valence-corrected chi connectivity index (χ0v) is 8.69. The molecular formula is C11H13FN2O2. The van der Waals surface area contributed by atoms with Crippen molar-refractivity contribution >= 4 is 11.6 Å². The van der Waals surface area contributed by atoms with E-state index in [1.807, 2.05) is 0 Å². The number of piperazine rings is 1. The molecule has 86 valence electrons. The summed E-state index contributed by atoms with van der Waals surface area (Å²) in [7, 11) is 0. The lowest BCUT2D eigenvalue weighted by Gasteiger charge is -2.35. The van der Waals surface area contributed by atoms with E-state index in [4.69, 9.17) is 5.11 Å². The predicted molar refractivity (Wildman–Crippen MR) is 57.6 cm³/mol. The zero-order valence-electron chi connectivity index (χ0n) is 8.69. The maximum atomic E-state index is 13.6. The molecule has 1 heterocycles. The Labute approximate surface area is 92.7 Å². The maximum Gasteiger partial charge on any atom is 0.245 e. The minimum atomic E-state index is -0.703. The van der Waals surface area contributed by atoms with Crippen molar-refractivity contribution in [3.8, 4) is 0 Å². The van der Waals surface area contributed by atoms with Crippen LogP contribution in [0, 0.1) is 5.82 Å². The number of para-hydroxylation sites is 1. The maximum absolute atomic E-state index is 13.6. The average Bonchev–Trinajstić information content (AvgIpc) is 2.29. The summed E-state index contributed by atoms with van der Waals surface area (Å²) in [5.74, 6) is -0.646. The summed E-state index contributed by atoms with van der Waals surface area (Å²) >= 11 is 0. The molecule has 2 N–H and O–H groups in total. The number of rotatable bonds is 2. The van der Waals surface area contributed by atoms with Crippen LogP contribution in [0.2, 0.25) is 0 Å². The number of nitrogens with zero attached hydrogens (tertiary/aromatic N) is 1. The number of carbonyl (C=O) groups is 1. The van der Waals surface area contributed by atoms with Gasteiger partial charge in [-0.3, -0.25) is 4.79 Å². The smallest absolute Gasteiger partial charge is 0.245 e. The monoisotopic (exact) mass is 224 g/mol. The SMILES string of the molecule is O=C1NCCN(c2ccccc2F)C1CO. The van der Waals surface area contributed by atoms with Crippen LogP contribution in [0.15, 0.2) is 24.3 Å². The molecule has 1 fully saturated rings. The third-order valence-corrected chi connectivity index (χ3v) is 2.67. The van der Waals surface area contributed by atoms with Gasteiger partial charge in [0.2, 0.25) is 5.91 Å². The Morgan fingerprint density at radius 1 is 1.50 bits per heavy atom. The fourth-order valence-electron chi connectivity index (χ4n) is 1.87. The number of carbonyl (C=O) groups excluding carboxylic acids is 1. The van der Waals surface area contributed by atoms with Gasteiger partial charge in [-0.1, -0.05) is 12.1 Å². The third kappa shape index (κ3) is 1.86. The van der Waals surface area contributed by atoms with Crippen LogP contribution < -0.4 is 10.2 Å². The first-order valence-electron chi connectivity index (χ1n) is 5.14. The number of amides is 1. The number of nitrogens with one attached hydrogen (secondary N) is 1. The molecule has 1 unspecified atom stereocenters. The second-order valence-corrected chi connectivity index (χ2v) is 3.63. The Hall–Kier alpha value is -1.62. The Morgan fingerprint density at radius 3 is 2.94 bits per heavy atom. The molecule has 2 rings (SSSR count). The average molecular weight is 224 g/mol. The summed E-state index contributed by atoms with van der Waals surface area (Å²) < 4.78 is 13.6. The highest BCUT2D eigenvalue weighted by Crippen LogP contribution is 2.21. The van der Waals surface area contributed by atoms with E-state index >= 15 is 0 Å². The second kappa shape index (κ2) is 4.49. The zero-order chi connectivity index (χ0) is 11.5. The van der Waals surface area contributed by atoms with Crippen molar-refractivity contribution in [1.29, 1.82) is 0 Å². The van der Waals surface area contributed by atoms with Crippen LogP contribution in [-0.4, -0.2) is 36.8 Å². The Morgan fingerprint density at radius 2 is 2.25 bits per heavy atom. The molecule has 1 atom stereocenters. The summed E-state index contributed by atoms with van der Waals surface area (Å²) in [5.41, 5.74) is 0.358. The van der Waals surface area contributed by atoms with E-state index in [0.29, 0.717) is 18.8 Å². The molecular weight excluding hydrogens is 211 g/mol. The van der Waals surface area contributed by atoms with Crippen LogP contribution in [0.4, 0.5) is 10.1 Å². The van der Waals surface area contributed by atoms with Crippen molar-refractivity contribution in [3.05, 3.63) is 30.1 Å². The molecule has 4 nitrogen and oxygen atoms in total. The van der Waals surface area contributed by atoms with Gasteiger partial charge < -0.3 is 15.3 Å². The molecule has 0 aliphatic carbocycles. The van der Waals surface area contributed by atoms with Crippen molar-refractivity contribution < 1.29 is 14.3 Å². The molecule has 0 saturated carbocycles. The first-order valence-corrected chi connectivity index (χ1v) is 5.14. The summed E-state index contributed by atoms with van der Waals surface area (Å²) in [6.45, 7) is 0.641. The topological polar surface area (TPSA) is 52.6 Å². The van der Waals surface area contributed by atoms with Gasteiger partial charge in [0, 0.05) is 13.1 Å². The van der Waals surface area contributed by atoms with Crippen LogP contribution in [0.5, 0.6) is 0 Å². The number of aliphatic hydroxyl groups is 1. The number of halogens is 1. The van der Waals surface area contributed by atoms with Crippen molar-refractivity contribution in [2.45, 2.75) is 6.04 Å². The first kappa shape index (κ1) is 10.9. The lowest BCUT2D eigenvalue weighted by Crippen LogP contribution is -2.57. The fraction of sp³-hybridized carbons (Fsp3) is 0.364. The molecule has 1 aromatic carbocycles. The van der Waals surface area contributed by atoms with Crippen molar-refractivity contribution in [2.24, 2.45) is 0 Å². The highest BCUT2D eigenvalue weighted by molar-refractivity contribution is 5.86. The van der Waals surface area contributed by atoms with Crippen LogP contribution in [0.1, 0.15) is 0 Å². The minimum absolute atomic E-state index is 0.267. The summed E-state index contributed by atoms with van der Waals surface area (Å²) in [4.78, 5) is 13.1. The van der Waals surface area contributed by atoms with Crippen molar-refractivity contribution in [1.82, 2.24) is 5.32 Å². The predicted octanol–water partition coefficient (Wildman–Crippen LogP) is 0.123. The van der Waals surface area contributed by atoms with E-state index in [1.54, 1.807) is 23.1 Å². The Balaban J connectivity index is 2.31. The Bertz CT molecular complexity index is 397. The molecule has 1 saturated heterocycles. The Kier molecular flexibility index (Phi) is 3.05. The molecule has 0 bridgehead atoms. The summed E-state index contributed by atoms with van der Waals surface area (Å²) in [5, 5.41) is 11.8. The quantitative estimate of drug-likeness (QED) is 0.750. The molecule has 5 heteroatoms. The van der Waals surface area contributed by atoms with Gasteiger partial charge in [-0.05, 0) is 12.1 Å². The first-order chi connectivity index (χ1) is 7.74. The third-order valence-electron chi connectivity index (χ3n) is 2.67. The van der Waals surface area contributed by atoms with Crippen LogP contribution in [0.25, 0.3) is 0 Å². The minimum Gasteiger partial charge on any atom is -0.394 e. The number of hydrogen-bond donors (Lipinski definition) is 2. The molecule has 1 aliphatic rings. The van der Waals surface area contributed by atoms with E-state index in [0.717, 1.165) is 0 Å². The standard InChI is InChI=1S/C11H13FN2O2/c12-8-3-1-2-4-9(8)14-6-5-13-11(16)10(14)7-15/h1-4,10,15H,5-7H2,(H,13,16). The van der Waals surface area contributed by atoms with Crippen molar-refractivity contribution in [3.63, 3.8) is 0 Å². The van der Waals surface area contributed by atoms with Gasteiger partial charge in [0.05, 0.1) is 12.3 Å².